The predicted molar refractivity (Wildman–Crippen MR) is 140 cm³/mol. The third-order valence-electron chi connectivity index (χ3n) is 7.99. The number of nitrogens with zero attached hydrogens (tertiary/aromatic N) is 1. The van der Waals surface area contributed by atoms with Crippen molar-refractivity contribution < 1.29 is 19.7 Å². The molecule has 0 amide bonds. The molecular formula is C30H41NO4. The number of rotatable bonds is 6. The van der Waals surface area contributed by atoms with Crippen LogP contribution in [0.15, 0.2) is 36.2 Å². The Bertz CT molecular complexity index is 1090. The van der Waals surface area contributed by atoms with Gasteiger partial charge < -0.3 is 19.7 Å². The van der Waals surface area contributed by atoms with Gasteiger partial charge in [0.05, 0.1) is 19.0 Å². The van der Waals surface area contributed by atoms with Crippen LogP contribution < -0.4 is 0 Å². The van der Waals surface area contributed by atoms with Crippen molar-refractivity contribution in [3.8, 4) is 0 Å². The number of hydrogen-bond acceptors (Lipinski definition) is 5. The van der Waals surface area contributed by atoms with E-state index in [9.17, 15) is 5.11 Å². The van der Waals surface area contributed by atoms with Crippen LogP contribution in [-0.2, 0) is 26.1 Å². The lowest BCUT2D eigenvalue weighted by molar-refractivity contribution is -0.251. The molecule has 0 radical (unpaired) electrons. The van der Waals surface area contributed by atoms with Crippen molar-refractivity contribution in [3.63, 3.8) is 0 Å². The molecule has 4 rings (SSSR count). The molecule has 1 aliphatic carbocycles. The molecule has 1 aromatic heterocycles. The Balaban J connectivity index is 1.81. The van der Waals surface area contributed by atoms with Crippen LogP contribution in [0.2, 0.25) is 0 Å². The summed E-state index contributed by atoms with van der Waals surface area (Å²) in [6.07, 6.45) is 5.92. The number of aliphatic hydroxyl groups is 2. The van der Waals surface area contributed by atoms with Gasteiger partial charge in [-0.25, -0.2) is 0 Å². The fraction of sp³-hybridized carbons (Fsp3) is 0.567. The van der Waals surface area contributed by atoms with E-state index >= 15 is 0 Å². The second-order valence-corrected chi connectivity index (χ2v) is 11.5. The standard InChI is InChI=1S/C30H41NO4/c1-20-17-24-25(29(5,6)13-12-28(24,3)4)18-23(20)30(34-15-8-16-35-30)27-11-10-22(19-31-27)21(2)26(33)9-7-14-32/h10-11,17-19,32-33H,7-9,12-16H2,1-6H3/b26-21-. The van der Waals surface area contributed by atoms with E-state index in [0.29, 0.717) is 26.1 Å². The molecule has 2 aromatic rings. The van der Waals surface area contributed by atoms with E-state index in [-0.39, 0.29) is 23.2 Å². The number of ether oxygens (including phenoxy) is 2. The van der Waals surface area contributed by atoms with E-state index < -0.39 is 5.79 Å². The largest absolute Gasteiger partial charge is 0.512 e. The summed E-state index contributed by atoms with van der Waals surface area (Å²) in [5, 5.41) is 19.4. The van der Waals surface area contributed by atoms with Crippen LogP contribution in [0.3, 0.4) is 0 Å². The van der Waals surface area contributed by atoms with E-state index in [1.807, 2.05) is 19.1 Å². The third-order valence-corrected chi connectivity index (χ3v) is 7.99. The smallest absolute Gasteiger partial charge is 0.240 e. The normalized spacial score (nSPS) is 21.2. The number of fused-ring (bicyclic) bond motifs is 1. The van der Waals surface area contributed by atoms with E-state index in [2.05, 4.69) is 46.8 Å². The number of allylic oxidation sites excluding steroid dienone is 2. The SMILES string of the molecule is C/C(=C(/O)CCCO)c1ccc(C2(c3cc4c(cc3C)C(C)(C)CCC4(C)C)OCCCO2)nc1. The average Bonchev–Trinajstić information content (AvgIpc) is 2.85. The van der Waals surface area contributed by atoms with Gasteiger partial charge in [-0.15, -0.1) is 0 Å². The lowest BCUT2D eigenvalue weighted by Crippen LogP contribution is -2.42. The molecule has 1 saturated heterocycles. The Morgan fingerprint density at radius 3 is 2.17 bits per heavy atom. The van der Waals surface area contributed by atoms with Crippen LogP contribution >= 0.6 is 0 Å². The minimum atomic E-state index is -1.05. The Morgan fingerprint density at radius 2 is 1.60 bits per heavy atom. The van der Waals surface area contributed by atoms with Crippen LogP contribution in [-0.4, -0.2) is 35.0 Å². The molecule has 0 atom stereocenters. The van der Waals surface area contributed by atoms with Crippen LogP contribution in [0, 0.1) is 6.92 Å². The minimum absolute atomic E-state index is 0.0554. The highest BCUT2D eigenvalue weighted by atomic mass is 16.7. The lowest BCUT2D eigenvalue weighted by Gasteiger charge is -2.44. The first-order chi connectivity index (χ1) is 16.5. The first-order valence-electron chi connectivity index (χ1n) is 12.9. The van der Waals surface area contributed by atoms with Crippen molar-refractivity contribution in [2.24, 2.45) is 0 Å². The number of pyridine rings is 1. The van der Waals surface area contributed by atoms with Crippen molar-refractivity contribution in [2.75, 3.05) is 19.8 Å². The molecule has 1 fully saturated rings. The zero-order chi connectivity index (χ0) is 25.4. The Hall–Kier alpha value is -2.21. The van der Waals surface area contributed by atoms with Crippen LogP contribution in [0.4, 0.5) is 0 Å². The summed E-state index contributed by atoms with van der Waals surface area (Å²) in [5.74, 6) is -0.770. The molecule has 2 N–H and O–H groups in total. The summed E-state index contributed by atoms with van der Waals surface area (Å²) in [4.78, 5) is 4.81. The van der Waals surface area contributed by atoms with Crippen LogP contribution in [0.25, 0.3) is 5.57 Å². The van der Waals surface area contributed by atoms with Crippen molar-refractivity contribution >= 4 is 5.57 Å². The van der Waals surface area contributed by atoms with E-state index in [4.69, 9.17) is 19.6 Å². The van der Waals surface area contributed by atoms with Gasteiger partial charge in [0.2, 0.25) is 5.79 Å². The second kappa shape index (κ2) is 9.68. The van der Waals surface area contributed by atoms with Crippen LogP contribution in [0.1, 0.15) is 100 Å². The van der Waals surface area contributed by atoms with Crippen molar-refractivity contribution in [1.29, 1.82) is 0 Å². The van der Waals surface area contributed by atoms with E-state index in [0.717, 1.165) is 40.8 Å². The first-order valence-corrected chi connectivity index (χ1v) is 12.9. The highest BCUT2D eigenvalue weighted by Gasteiger charge is 2.44. The minimum Gasteiger partial charge on any atom is -0.512 e. The van der Waals surface area contributed by atoms with Crippen molar-refractivity contribution in [3.05, 3.63) is 69.7 Å². The molecule has 1 aromatic carbocycles. The van der Waals surface area contributed by atoms with Gasteiger partial charge in [-0.3, -0.25) is 4.98 Å². The molecule has 35 heavy (non-hydrogen) atoms. The van der Waals surface area contributed by atoms with Gasteiger partial charge in [0.1, 0.15) is 5.69 Å². The topological polar surface area (TPSA) is 71.8 Å². The Morgan fingerprint density at radius 1 is 0.971 bits per heavy atom. The number of aromatic nitrogens is 1. The maximum absolute atomic E-state index is 10.4. The van der Waals surface area contributed by atoms with Crippen molar-refractivity contribution in [1.82, 2.24) is 4.98 Å². The summed E-state index contributed by atoms with van der Waals surface area (Å²) in [6, 6.07) is 8.58. The third kappa shape index (κ3) is 4.78. The fourth-order valence-corrected chi connectivity index (χ4v) is 5.46. The van der Waals surface area contributed by atoms with Gasteiger partial charge in [0.15, 0.2) is 0 Å². The zero-order valence-electron chi connectivity index (χ0n) is 22.2. The van der Waals surface area contributed by atoms with Gasteiger partial charge in [0.25, 0.3) is 0 Å². The lowest BCUT2D eigenvalue weighted by atomic mass is 9.62. The molecule has 5 heteroatoms. The number of aliphatic hydroxyl groups excluding tert-OH is 2. The fourth-order valence-electron chi connectivity index (χ4n) is 5.46. The van der Waals surface area contributed by atoms with E-state index in [1.54, 1.807) is 6.20 Å². The maximum Gasteiger partial charge on any atom is 0.240 e. The Labute approximate surface area is 210 Å². The summed E-state index contributed by atoms with van der Waals surface area (Å²) >= 11 is 0. The average molecular weight is 480 g/mol. The molecule has 0 spiro atoms. The highest BCUT2D eigenvalue weighted by molar-refractivity contribution is 5.65. The number of aryl methyl sites for hydroxylation is 1. The molecule has 0 bridgehead atoms. The maximum atomic E-state index is 10.4. The molecule has 2 aliphatic rings. The molecule has 2 heterocycles. The van der Waals surface area contributed by atoms with Gasteiger partial charge >= 0.3 is 0 Å². The summed E-state index contributed by atoms with van der Waals surface area (Å²) in [7, 11) is 0. The Kier molecular flexibility index (Phi) is 7.16. The quantitative estimate of drug-likeness (QED) is 0.467. The zero-order valence-corrected chi connectivity index (χ0v) is 22.2. The molecular weight excluding hydrogens is 438 g/mol. The van der Waals surface area contributed by atoms with Gasteiger partial charge in [-0.1, -0.05) is 39.8 Å². The highest BCUT2D eigenvalue weighted by Crippen LogP contribution is 2.49. The summed E-state index contributed by atoms with van der Waals surface area (Å²) in [6.45, 7) is 14.7. The number of benzene rings is 1. The first kappa shape index (κ1) is 25.9. The molecule has 1 aliphatic heterocycles. The summed E-state index contributed by atoms with van der Waals surface area (Å²) in [5.41, 5.74) is 7.52. The van der Waals surface area contributed by atoms with Gasteiger partial charge in [0, 0.05) is 24.8 Å². The molecule has 5 nitrogen and oxygen atoms in total. The van der Waals surface area contributed by atoms with Crippen LogP contribution in [0.5, 0.6) is 0 Å². The predicted octanol–water partition coefficient (Wildman–Crippen LogP) is 6.44. The summed E-state index contributed by atoms with van der Waals surface area (Å²) < 4.78 is 12.9. The molecule has 190 valence electrons. The molecule has 0 saturated carbocycles. The van der Waals surface area contributed by atoms with Gasteiger partial charge in [-0.2, -0.15) is 0 Å². The number of hydrogen-bond donors (Lipinski definition) is 2. The molecule has 0 unspecified atom stereocenters. The van der Waals surface area contributed by atoms with Gasteiger partial charge in [-0.05, 0) is 90.3 Å². The van der Waals surface area contributed by atoms with Crippen molar-refractivity contribution in [2.45, 2.75) is 90.3 Å². The second-order valence-electron chi connectivity index (χ2n) is 11.5. The monoisotopic (exact) mass is 479 g/mol. The van der Waals surface area contributed by atoms with E-state index in [1.165, 1.54) is 17.5 Å².